The first-order valence-electron chi connectivity index (χ1n) is 8.46. The highest BCUT2D eigenvalue weighted by molar-refractivity contribution is 6.00. The fourth-order valence-electron chi connectivity index (χ4n) is 3.03. The van der Waals surface area contributed by atoms with Gasteiger partial charge in [0.05, 0.1) is 18.4 Å². The van der Waals surface area contributed by atoms with Crippen LogP contribution in [-0.2, 0) is 11.3 Å². The van der Waals surface area contributed by atoms with E-state index in [4.69, 9.17) is 0 Å². The minimum Gasteiger partial charge on any atom is -0.324 e. The van der Waals surface area contributed by atoms with Crippen molar-refractivity contribution in [3.05, 3.63) is 54.4 Å². The Hall–Kier alpha value is -2.89. The standard InChI is InChI=1S/C19H22N4O2/c1-3-13(2)17-18(24)22-16-9-5-4-7-14(16)12-23(17)19(25)21-15-8-6-10-20-11-15/h4-11,13,17H,3,12H2,1-2H3,(H,21,25)(H,22,24). The first kappa shape index (κ1) is 17.0. The summed E-state index contributed by atoms with van der Waals surface area (Å²) in [7, 11) is 0. The van der Waals surface area contributed by atoms with Crippen molar-refractivity contribution in [2.75, 3.05) is 10.6 Å². The molecule has 1 aromatic heterocycles. The number of fused-ring (bicyclic) bond motifs is 1. The summed E-state index contributed by atoms with van der Waals surface area (Å²) in [5, 5.41) is 5.81. The number of para-hydroxylation sites is 1. The van der Waals surface area contributed by atoms with Crippen molar-refractivity contribution in [2.45, 2.75) is 32.9 Å². The summed E-state index contributed by atoms with van der Waals surface area (Å²) >= 11 is 0. The zero-order valence-corrected chi connectivity index (χ0v) is 14.4. The van der Waals surface area contributed by atoms with Gasteiger partial charge < -0.3 is 15.5 Å². The lowest BCUT2D eigenvalue weighted by molar-refractivity contribution is -0.121. The maximum Gasteiger partial charge on any atom is 0.322 e. The third-order valence-corrected chi connectivity index (χ3v) is 4.58. The smallest absolute Gasteiger partial charge is 0.322 e. The molecule has 1 aliphatic heterocycles. The van der Waals surface area contributed by atoms with Crippen LogP contribution >= 0.6 is 0 Å². The Kier molecular flexibility index (Phi) is 4.97. The molecule has 3 rings (SSSR count). The predicted molar refractivity (Wildman–Crippen MR) is 97.1 cm³/mol. The second-order valence-corrected chi connectivity index (χ2v) is 6.28. The van der Waals surface area contributed by atoms with Gasteiger partial charge in [-0.15, -0.1) is 0 Å². The highest BCUT2D eigenvalue weighted by atomic mass is 16.2. The lowest BCUT2D eigenvalue weighted by Gasteiger charge is -2.32. The highest BCUT2D eigenvalue weighted by Gasteiger charge is 2.36. The molecule has 0 aliphatic carbocycles. The normalized spacial score (nSPS) is 17.9. The van der Waals surface area contributed by atoms with Crippen molar-refractivity contribution < 1.29 is 9.59 Å². The van der Waals surface area contributed by atoms with Gasteiger partial charge in [-0.05, 0) is 29.7 Å². The Balaban J connectivity index is 1.93. The molecule has 25 heavy (non-hydrogen) atoms. The molecule has 0 saturated heterocycles. The van der Waals surface area contributed by atoms with Gasteiger partial charge in [0, 0.05) is 11.9 Å². The number of amides is 3. The van der Waals surface area contributed by atoms with Gasteiger partial charge in [-0.25, -0.2) is 4.79 Å². The van der Waals surface area contributed by atoms with E-state index < -0.39 is 6.04 Å². The van der Waals surface area contributed by atoms with E-state index in [1.165, 1.54) is 0 Å². The molecule has 0 bridgehead atoms. The lowest BCUT2D eigenvalue weighted by Crippen LogP contribution is -2.50. The van der Waals surface area contributed by atoms with Crippen LogP contribution in [0.5, 0.6) is 0 Å². The number of aromatic nitrogens is 1. The van der Waals surface area contributed by atoms with Gasteiger partial charge in [-0.2, -0.15) is 0 Å². The van der Waals surface area contributed by atoms with Crippen LogP contribution in [-0.4, -0.2) is 27.9 Å². The number of carbonyl (C=O) groups excluding carboxylic acids is 2. The summed E-state index contributed by atoms with van der Waals surface area (Å²) < 4.78 is 0. The van der Waals surface area contributed by atoms with Crippen LogP contribution < -0.4 is 10.6 Å². The molecule has 6 heteroatoms. The third-order valence-electron chi connectivity index (χ3n) is 4.58. The first-order valence-corrected chi connectivity index (χ1v) is 8.46. The van der Waals surface area contributed by atoms with Gasteiger partial charge in [0.25, 0.3) is 0 Å². The number of nitrogens with zero attached hydrogens (tertiary/aromatic N) is 2. The number of nitrogens with one attached hydrogen (secondary N) is 2. The van der Waals surface area contributed by atoms with Crippen molar-refractivity contribution >= 4 is 23.3 Å². The van der Waals surface area contributed by atoms with E-state index in [-0.39, 0.29) is 17.9 Å². The van der Waals surface area contributed by atoms with Gasteiger partial charge in [0.15, 0.2) is 0 Å². The molecule has 2 aromatic rings. The molecule has 0 saturated carbocycles. The van der Waals surface area contributed by atoms with E-state index >= 15 is 0 Å². The summed E-state index contributed by atoms with van der Waals surface area (Å²) in [6, 6.07) is 10.3. The number of benzene rings is 1. The second kappa shape index (κ2) is 7.34. The first-order chi connectivity index (χ1) is 12.1. The topological polar surface area (TPSA) is 74.3 Å². The summed E-state index contributed by atoms with van der Waals surface area (Å²) in [5.41, 5.74) is 2.29. The molecule has 0 spiro atoms. The minimum atomic E-state index is -0.533. The number of anilines is 2. The van der Waals surface area contributed by atoms with Gasteiger partial charge in [-0.1, -0.05) is 38.5 Å². The highest BCUT2D eigenvalue weighted by Crippen LogP contribution is 2.27. The number of hydrogen-bond acceptors (Lipinski definition) is 3. The SMILES string of the molecule is CCC(C)C1C(=O)Nc2ccccc2CN1C(=O)Nc1cccnc1. The van der Waals surface area contributed by atoms with Crippen LogP contribution in [0.1, 0.15) is 25.8 Å². The number of rotatable bonds is 3. The molecule has 0 fully saturated rings. The van der Waals surface area contributed by atoms with Crippen LogP contribution in [0.25, 0.3) is 0 Å². The van der Waals surface area contributed by atoms with Gasteiger partial charge in [0.1, 0.15) is 6.04 Å². The molecule has 0 radical (unpaired) electrons. The summed E-state index contributed by atoms with van der Waals surface area (Å²) in [6.45, 7) is 4.38. The van der Waals surface area contributed by atoms with Crippen LogP contribution in [0.3, 0.4) is 0 Å². The fourth-order valence-corrected chi connectivity index (χ4v) is 3.03. The van der Waals surface area contributed by atoms with Crippen molar-refractivity contribution in [3.63, 3.8) is 0 Å². The van der Waals surface area contributed by atoms with E-state index in [0.29, 0.717) is 12.2 Å². The number of pyridine rings is 1. The molecule has 2 heterocycles. The molecular weight excluding hydrogens is 316 g/mol. The van der Waals surface area contributed by atoms with E-state index in [1.54, 1.807) is 29.4 Å². The maximum atomic E-state index is 12.9. The summed E-state index contributed by atoms with van der Waals surface area (Å²) in [4.78, 5) is 31.3. The predicted octanol–water partition coefficient (Wildman–Crippen LogP) is 3.48. The maximum absolute atomic E-state index is 12.9. The van der Waals surface area contributed by atoms with Crippen molar-refractivity contribution in [3.8, 4) is 0 Å². The second-order valence-electron chi connectivity index (χ2n) is 6.28. The van der Waals surface area contributed by atoms with Crippen LogP contribution in [0.2, 0.25) is 0 Å². The van der Waals surface area contributed by atoms with Crippen LogP contribution in [0.4, 0.5) is 16.2 Å². The van der Waals surface area contributed by atoms with Crippen molar-refractivity contribution in [2.24, 2.45) is 5.92 Å². The molecule has 2 N–H and O–H groups in total. The zero-order chi connectivity index (χ0) is 17.8. The molecule has 1 aliphatic rings. The molecular formula is C19H22N4O2. The fraction of sp³-hybridized carbons (Fsp3) is 0.316. The average Bonchev–Trinajstić information content (AvgIpc) is 2.77. The lowest BCUT2D eigenvalue weighted by atomic mass is 9.97. The number of carbonyl (C=O) groups is 2. The van der Waals surface area contributed by atoms with Crippen LogP contribution in [0.15, 0.2) is 48.8 Å². The molecule has 1 aromatic carbocycles. The average molecular weight is 338 g/mol. The number of hydrogen-bond donors (Lipinski definition) is 2. The van der Waals surface area contributed by atoms with E-state index in [2.05, 4.69) is 15.6 Å². The van der Waals surface area contributed by atoms with Crippen LogP contribution in [0, 0.1) is 5.92 Å². The molecule has 3 amide bonds. The number of urea groups is 1. The van der Waals surface area contributed by atoms with Gasteiger partial charge >= 0.3 is 6.03 Å². The molecule has 2 unspecified atom stereocenters. The van der Waals surface area contributed by atoms with Gasteiger partial charge in [0.2, 0.25) is 5.91 Å². The Morgan fingerprint density at radius 3 is 2.88 bits per heavy atom. The molecule has 130 valence electrons. The minimum absolute atomic E-state index is 0.0361. The zero-order valence-electron chi connectivity index (χ0n) is 14.4. The van der Waals surface area contributed by atoms with E-state index in [1.807, 2.05) is 38.1 Å². The summed E-state index contributed by atoms with van der Waals surface area (Å²) in [5.74, 6) is -0.116. The van der Waals surface area contributed by atoms with E-state index in [9.17, 15) is 9.59 Å². The Bertz CT molecular complexity index is 763. The monoisotopic (exact) mass is 338 g/mol. The van der Waals surface area contributed by atoms with Gasteiger partial charge in [-0.3, -0.25) is 9.78 Å². The van der Waals surface area contributed by atoms with Crippen molar-refractivity contribution in [1.82, 2.24) is 9.88 Å². The Morgan fingerprint density at radius 2 is 2.16 bits per heavy atom. The largest absolute Gasteiger partial charge is 0.324 e. The molecule has 2 atom stereocenters. The quantitative estimate of drug-likeness (QED) is 0.900. The Labute approximate surface area is 147 Å². The van der Waals surface area contributed by atoms with Crippen molar-refractivity contribution in [1.29, 1.82) is 0 Å². The third kappa shape index (κ3) is 3.63. The Morgan fingerprint density at radius 1 is 1.36 bits per heavy atom. The summed E-state index contributed by atoms with van der Waals surface area (Å²) in [6.07, 6.45) is 4.03. The van der Waals surface area contributed by atoms with E-state index in [0.717, 1.165) is 17.7 Å². The molecule has 6 nitrogen and oxygen atoms in total.